The SMILES string of the molecule is C#CCN(Cc1ccc(C)cc1)c1ccc(NC(=C)CC(=C)C)cc1. The summed E-state index contributed by atoms with van der Waals surface area (Å²) in [5.41, 5.74) is 6.67. The van der Waals surface area contributed by atoms with Crippen LogP contribution < -0.4 is 10.2 Å². The summed E-state index contributed by atoms with van der Waals surface area (Å²) in [7, 11) is 0. The monoisotopic (exact) mass is 330 g/mol. The molecule has 2 heteroatoms. The zero-order valence-electron chi connectivity index (χ0n) is 15.2. The number of benzene rings is 2. The van der Waals surface area contributed by atoms with E-state index in [1.54, 1.807) is 0 Å². The molecular weight excluding hydrogens is 304 g/mol. The summed E-state index contributed by atoms with van der Waals surface area (Å²) >= 11 is 0. The molecule has 2 nitrogen and oxygen atoms in total. The van der Waals surface area contributed by atoms with Crippen molar-refractivity contribution < 1.29 is 0 Å². The van der Waals surface area contributed by atoms with Crippen molar-refractivity contribution in [1.82, 2.24) is 0 Å². The number of nitrogens with zero attached hydrogens (tertiary/aromatic N) is 1. The predicted octanol–water partition coefficient (Wildman–Crippen LogP) is 5.53. The maximum atomic E-state index is 5.56. The van der Waals surface area contributed by atoms with Crippen LogP contribution >= 0.6 is 0 Å². The molecule has 0 aliphatic carbocycles. The van der Waals surface area contributed by atoms with E-state index in [-0.39, 0.29) is 0 Å². The van der Waals surface area contributed by atoms with E-state index in [1.165, 1.54) is 11.1 Å². The summed E-state index contributed by atoms with van der Waals surface area (Å²) in [5.74, 6) is 2.75. The van der Waals surface area contributed by atoms with Gasteiger partial charge in [0, 0.05) is 30.0 Å². The summed E-state index contributed by atoms with van der Waals surface area (Å²) in [4.78, 5) is 2.19. The fraction of sp³-hybridized carbons (Fsp3) is 0.217. The molecule has 2 aromatic rings. The average Bonchev–Trinajstić information content (AvgIpc) is 2.56. The van der Waals surface area contributed by atoms with E-state index in [4.69, 9.17) is 6.42 Å². The van der Waals surface area contributed by atoms with Crippen LogP contribution in [-0.4, -0.2) is 6.54 Å². The molecule has 128 valence electrons. The summed E-state index contributed by atoms with van der Waals surface area (Å²) < 4.78 is 0. The van der Waals surface area contributed by atoms with Gasteiger partial charge in [0.15, 0.2) is 0 Å². The summed E-state index contributed by atoms with van der Waals surface area (Å²) in [6.07, 6.45) is 6.34. The van der Waals surface area contributed by atoms with E-state index in [0.717, 1.165) is 35.6 Å². The topological polar surface area (TPSA) is 15.3 Å². The lowest BCUT2D eigenvalue weighted by Crippen LogP contribution is -2.22. The zero-order valence-corrected chi connectivity index (χ0v) is 15.2. The van der Waals surface area contributed by atoms with Crippen LogP contribution in [-0.2, 0) is 6.54 Å². The van der Waals surface area contributed by atoms with Crippen LogP contribution in [0.4, 0.5) is 11.4 Å². The maximum absolute atomic E-state index is 5.56. The van der Waals surface area contributed by atoms with Gasteiger partial charge < -0.3 is 10.2 Å². The molecule has 0 saturated heterocycles. The van der Waals surface area contributed by atoms with Crippen molar-refractivity contribution in [3.8, 4) is 12.3 Å². The molecule has 0 unspecified atom stereocenters. The number of nitrogens with one attached hydrogen (secondary N) is 1. The van der Waals surface area contributed by atoms with Crippen LogP contribution in [0.2, 0.25) is 0 Å². The largest absolute Gasteiger partial charge is 0.359 e. The van der Waals surface area contributed by atoms with Crippen molar-refractivity contribution in [2.24, 2.45) is 0 Å². The molecule has 0 fully saturated rings. The fourth-order valence-electron chi connectivity index (χ4n) is 2.63. The van der Waals surface area contributed by atoms with Gasteiger partial charge in [-0.3, -0.25) is 0 Å². The molecule has 0 aromatic heterocycles. The number of hydrogen-bond donors (Lipinski definition) is 1. The molecule has 0 saturated carbocycles. The molecule has 2 aromatic carbocycles. The second kappa shape index (κ2) is 8.80. The average molecular weight is 330 g/mol. The highest BCUT2D eigenvalue weighted by atomic mass is 15.1. The lowest BCUT2D eigenvalue weighted by Gasteiger charge is -2.23. The van der Waals surface area contributed by atoms with Crippen LogP contribution in [0.15, 0.2) is 73.0 Å². The number of terminal acetylenes is 1. The number of aryl methyl sites for hydroxylation is 1. The van der Waals surface area contributed by atoms with Crippen LogP contribution in [0.25, 0.3) is 0 Å². The minimum absolute atomic E-state index is 0.572. The molecule has 2 rings (SSSR count). The smallest absolute Gasteiger partial charge is 0.0795 e. The molecule has 0 radical (unpaired) electrons. The third-order valence-electron chi connectivity index (χ3n) is 3.84. The van der Waals surface area contributed by atoms with Crippen LogP contribution in [0.1, 0.15) is 24.5 Å². The summed E-state index contributed by atoms with van der Waals surface area (Å²) in [5, 5.41) is 3.31. The van der Waals surface area contributed by atoms with E-state index in [2.05, 4.69) is 84.7 Å². The Morgan fingerprint density at radius 2 is 1.72 bits per heavy atom. The highest BCUT2D eigenvalue weighted by Crippen LogP contribution is 2.21. The second-order valence-electron chi connectivity index (χ2n) is 6.46. The van der Waals surface area contributed by atoms with Gasteiger partial charge in [-0.2, -0.15) is 0 Å². The Hall–Kier alpha value is -2.92. The van der Waals surface area contributed by atoms with Gasteiger partial charge in [0.25, 0.3) is 0 Å². The normalized spacial score (nSPS) is 9.96. The number of hydrogen-bond acceptors (Lipinski definition) is 2. The third kappa shape index (κ3) is 5.90. The Morgan fingerprint density at radius 1 is 1.08 bits per heavy atom. The molecule has 1 N–H and O–H groups in total. The first kappa shape index (κ1) is 18.4. The number of anilines is 2. The van der Waals surface area contributed by atoms with E-state index >= 15 is 0 Å². The molecule has 0 bridgehead atoms. The first-order chi connectivity index (χ1) is 12.0. The van der Waals surface area contributed by atoms with Gasteiger partial charge in [0.2, 0.25) is 0 Å². The van der Waals surface area contributed by atoms with Crippen molar-refractivity contribution in [2.45, 2.75) is 26.8 Å². The minimum atomic E-state index is 0.572. The molecule has 0 aliphatic heterocycles. The van der Waals surface area contributed by atoms with Gasteiger partial charge in [-0.15, -0.1) is 6.42 Å². The van der Waals surface area contributed by atoms with E-state index in [1.807, 2.05) is 6.92 Å². The lowest BCUT2D eigenvalue weighted by molar-refractivity contribution is 0.878. The van der Waals surface area contributed by atoms with Crippen molar-refractivity contribution in [1.29, 1.82) is 0 Å². The van der Waals surface area contributed by atoms with Crippen molar-refractivity contribution in [3.63, 3.8) is 0 Å². The van der Waals surface area contributed by atoms with Gasteiger partial charge >= 0.3 is 0 Å². The van der Waals surface area contributed by atoms with Gasteiger partial charge in [0.05, 0.1) is 6.54 Å². The van der Waals surface area contributed by atoms with Crippen molar-refractivity contribution >= 4 is 11.4 Å². The molecule has 0 atom stereocenters. The van der Waals surface area contributed by atoms with Crippen LogP contribution in [0.5, 0.6) is 0 Å². The van der Waals surface area contributed by atoms with Gasteiger partial charge in [0.1, 0.15) is 0 Å². The van der Waals surface area contributed by atoms with Crippen molar-refractivity contribution in [2.75, 3.05) is 16.8 Å². The van der Waals surface area contributed by atoms with Gasteiger partial charge in [-0.05, 0) is 43.7 Å². The Bertz CT molecular complexity index is 761. The highest BCUT2D eigenvalue weighted by Gasteiger charge is 2.07. The standard InChI is InChI=1S/C23H26N2/c1-6-15-25(17-21-9-7-19(4)8-10-21)23-13-11-22(12-14-23)24-20(5)16-18(2)3/h1,7-14,24H,2,5,15-17H2,3-4H3. The molecule has 0 amide bonds. The summed E-state index contributed by atoms with van der Waals surface area (Å²) in [6.45, 7) is 13.4. The lowest BCUT2D eigenvalue weighted by atomic mass is 10.1. The zero-order chi connectivity index (χ0) is 18.2. The molecule has 0 spiro atoms. The number of allylic oxidation sites excluding steroid dienone is 1. The van der Waals surface area contributed by atoms with Gasteiger partial charge in [-0.25, -0.2) is 0 Å². The van der Waals surface area contributed by atoms with E-state index in [0.29, 0.717) is 6.54 Å². The van der Waals surface area contributed by atoms with E-state index in [9.17, 15) is 0 Å². The first-order valence-electron chi connectivity index (χ1n) is 8.41. The third-order valence-corrected chi connectivity index (χ3v) is 3.84. The molecule has 0 aliphatic rings. The van der Waals surface area contributed by atoms with Crippen LogP contribution in [0, 0.1) is 19.3 Å². The van der Waals surface area contributed by atoms with E-state index < -0.39 is 0 Å². The fourth-order valence-corrected chi connectivity index (χ4v) is 2.63. The molecule has 0 heterocycles. The Kier molecular flexibility index (Phi) is 6.48. The Morgan fingerprint density at radius 3 is 2.28 bits per heavy atom. The maximum Gasteiger partial charge on any atom is 0.0795 e. The number of rotatable bonds is 8. The highest BCUT2D eigenvalue weighted by molar-refractivity contribution is 5.57. The quantitative estimate of drug-likeness (QED) is 0.506. The predicted molar refractivity (Wildman–Crippen MR) is 110 cm³/mol. The van der Waals surface area contributed by atoms with Crippen molar-refractivity contribution in [3.05, 3.63) is 84.1 Å². The minimum Gasteiger partial charge on any atom is -0.359 e. The molecule has 25 heavy (non-hydrogen) atoms. The Balaban J connectivity index is 2.08. The first-order valence-corrected chi connectivity index (χ1v) is 8.41. The molecular formula is C23H26N2. The van der Waals surface area contributed by atoms with Gasteiger partial charge in [-0.1, -0.05) is 54.5 Å². The Labute approximate surface area is 151 Å². The second-order valence-corrected chi connectivity index (χ2v) is 6.46. The summed E-state index contributed by atoms with van der Waals surface area (Å²) in [6, 6.07) is 16.8. The van der Waals surface area contributed by atoms with Crippen LogP contribution in [0.3, 0.4) is 0 Å².